The third-order valence-corrected chi connectivity index (χ3v) is 3.97. The first kappa shape index (κ1) is 15.3. The van der Waals surface area contributed by atoms with Crippen molar-refractivity contribution in [1.29, 1.82) is 0 Å². The number of hydrogen-bond acceptors (Lipinski definition) is 8. The van der Waals surface area contributed by atoms with Crippen LogP contribution in [0.4, 0.5) is 0 Å². The van der Waals surface area contributed by atoms with E-state index in [1.807, 2.05) is 10.8 Å². The quantitative estimate of drug-likeness (QED) is 0.579. The van der Waals surface area contributed by atoms with Crippen LogP contribution in [0.15, 0.2) is 33.2 Å². The van der Waals surface area contributed by atoms with E-state index >= 15 is 0 Å². The molecule has 2 aromatic rings. The Labute approximate surface area is 130 Å². The van der Waals surface area contributed by atoms with Crippen molar-refractivity contribution >= 4 is 42.2 Å². The molecule has 21 heavy (non-hydrogen) atoms. The molecule has 0 N–H and O–H groups in total. The molecule has 0 radical (unpaired) electrons. The minimum absolute atomic E-state index is 0.331. The van der Waals surface area contributed by atoms with Crippen LogP contribution in [0.25, 0.3) is 16.3 Å². The largest absolute Gasteiger partial charge is 0.467 e. The molecule has 2 aromatic heterocycles. The highest BCUT2D eigenvalue weighted by atomic mass is 32.2. The molecule has 6 nitrogen and oxygen atoms in total. The Balaban J connectivity index is 2.21. The van der Waals surface area contributed by atoms with Crippen molar-refractivity contribution < 1.29 is 4.74 Å². The first-order valence-electron chi connectivity index (χ1n) is 5.81. The maximum atomic E-state index is 4.93. The van der Waals surface area contributed by atoms with E-state index in [1.54, 1.807) is 12.4 Å². The highest BCUT2D eigenvalue weighted by molar-refractivity contribution is 8.02. The summed E-state index contributed by atoms with van der Waals surface area (Å²) in [6.45, 7) is 7.00. The van der Waals surface area contributed by atoms with Gasteiger partial charge in [0.15, 0.2) is 0 Å². The molecule has 108 valence electrons. The van der Waals surface area contributed by atoms with Gasteiger partial charge in [-0.15, -0.1) is 23.1 Å². The average molecular weight is 319 g/mol. The Hall–Kier alpha value is -2.06. The van der Waals surface area contributed by atoms with E-state index in [-0.39, 0.29) is 0 Å². The molecule has 0 aliphatic carbocycles. The van der Waals surface area contributed by atoms with Crippen LogP contribution in [0.2, 0.25) is 0 Å². The zero-order valence-electron chi connectivity index (χ0n) is 11.4. The van der Waals surface area contributed by atoms with E-state index in [4.69, 9.17) is 4.74 Å². The number of hydrogen-bond donors (Lipinski definition) is 0. The number of aromatic nitrogens is 3. The molecule has 0 bridgehead atoms. The molecule has 0 atom stereocenters. The van der Waals surface area contributed by atoms with Gasteiger partial charge >= 0.3 is 6.01 Å². The van der Waals surface area contributed by atoms with E-state index in [1.165, 1.54) is 30.2 Å². The molecule has 8 heteroatoms. The zero-order valence-corrected chi connectivity index (χ0v) is 13.0. The number of rotatable bonds is 7. The zero-order chi connectivity index (χ0) is 15.1. The van der Waals surface area contributed by atoms with Gasteiger partial charge in [-0.3, -0.25) is 9.98 Å². The third-order valence-electron chi connectivity index (χ3n) is 2.36. The van der Waals surface area contributed by atoms with Crippen molar-refractivity contribution in [3.05, 3.63) is 28.9 Å². The number of nitrogens with zero attached hydrogens (tertiary/aromatic N) is 5. The second-order valence-corrected chi connectivity index (χ2v) is 5.36. The maximum Gasteiger partial charge on any atom is 0.316 e. The number of methoxy groups -OCH3 is 1. The fourth-order valence-electron chi connectivity index (χ4n) is 1.40. The third kappa shape index (κ3) is 3.96. The summed E-state index contributed by atoms with van der Waals surface area (Å²) >= 11 is 2.98. The summed E-state index contributed by atoms with van der Waals surface area (Å²) < 4.78 is 4.93. The minimum Gasteiger partial charge on any atom is -0.467 e. The van der Waals surface area contributed by atoms with E-state index in [0.717, 1.165) is 16.3 Å². The lowest BCUT2D eigenvalue weighted by Gasteiger charge is -1.98. The van der Waals surface area contributed by atoms with Gasteiger partial charge in [0, 0.05) is 28.7 Å². The summed E-state index contributed by atoms with van der Waals surface area (Å²) in [6, 6.07) is 0.331. The SMILES string of the molecule is C=NCS/C=C(\N=C)c1csc(-c2cnc(OC)nc2)n1. The molecule has 0 aliphatic rings. The summed E-state index contributed by atoms with van der Waals surface area (Å²) in [6.07, 6.45) is 3.35. The summed E-state index contributed by atoms with van der Waals surface area (Å²) in [7, 11) is 1.53. The van der Waals surface area contributed by atoms with Crippen LogP contribution in [0.3, 0.4) is 0 Å². The summed E-state index contributed by atoms with van der Waals surface area (Å²) in [4.78, 5) is 20.4. The van der Waals surface area contributed by atoms with Crippen LogP contribution in [-0.2, 0) is 0 Å². The van der Waals surface area contributed by atoms with E-state index < -0.39 is 0 Å². The van der Waals surface area contributed by atoms with Gasteiger partial charge in [0.05, 0.1) is 18.7 Å². The molecular formula is C13H13N5OS2. The van der Waals surface area contributed by atoms with Gasteiger partial charge in [-0.2, -0.15) is 0 Å². The van der Waals surface area contributed by atoms with Crippen LogP contribution >= 0.6 is 23.1 Å². The van der Waals surface area contributed by atoms with E-state index in [0.29, 0.717) is 17.6 Å². The van der Waals surface area contributed by atoms with Crippen molar-refractivity contribution in [3.8, 4) is 16.6 Å². The van der Waals surface area contributed by atoms with Crippen molar-refractivity contribution in [2.45, 2.75) is 0 Å². The highest BCUT2D eigenvalue weighted by Gasteiger charge is 2.09. The van der Waals surface area contributed by atoms with Crippen LogP contribution in [-0.4, -0.2) is 41.4 Å². The van der Waals surface area contributed by atoms with Gasteiger partial charge in [-0.1, -0.05) is 0 Å². The van der Waals surface area contributed by atoms with Gasteiger partial charge in [-0.05, 0) is 13.4 Å². The lowest BCUT2D eigenvalue weighted by molar-refractivity contribution is 0.380. The summed E-state index contributed by atoms with van der Waals surface area (Å²) in [5, 5.41) is 4.60. The lowest BCUT2D eigenvalue weighted by Crippen LogP contribution is -1.91. The maximum absolute atomic E-state index is 4.93. The van der Waals surface area contributed by atoms with Crippen LogP contribution < -0.4 is 4.74 Å². The Bertz CT molecular complexity index is 651. The Morgan fingerprint density at radius 3 is 2.81 bits per heavy atom. The topological polar surface area (TPSA) is 72.6 Å². The number of thioether (sulfide) groups is 1. The molecule has 0 saturated heterocycles. The van der Waals surface area contributed by atoms with Crippen LogP contribution in [0.1, 0.15) is 5.69 Å². The van der Waals surface area contributed by atoms with E-state index in [2.05, 4.69) is 38.4 Å². The van der Waals surface area contributed by atoms with Crippen molar-refractivity contribution in [2.75, 3.05) is 13.0 Å². The van der Waals surface area contributed by atoms with Crippen molar-refractivity contribution in [2.24, 2.45) is 9.98 Å². The standard InChI is InChI=1S/C13H13N5OS2/c1-14-8-20-6-10(15-2)11-7-21-12(18-11)9-4-16-13(19-3)17-5-9/h4-7H,1-2,8H2,3H3/b10-6-. The van der Waals surface area contributed by atoms with Gasteiger partial charge in [0.2, 0.25) is 0 Å². The monoisotopic (exact) mass is 319 g/mol. The average Bonchev–Trinajstić information content (AvgIpc) is 3.01. The molecule has 0 saturated carbocycles. The highest BCUT2D eigenvalue weighted by Crippen LogP contribution is 2.27. The Kier molecular flexibility index (Phi) is 5.59. The summed E-state index contributed by atoms with van der Waals surface area (Å²) in [5.74, 6) is 0.572. The number of aliphatic imine (C=N–C) groups is 2. The minimum atomic E-state index is 0.331. The molecule has 0 unspecified atom stereocenters. The van der Waals surface area contributed by atoms with Gasteiger partial charge in [-0.25, -0.2) is 15.0 Å². The molecule has 2 rings (SSSR count). The predicted molar refractivity (Wildman–Crippen MR) is 89.2 cm³/mol. The van der Waals surface area contributed by atoms with Gasteiger partial charge in [0.1, 0.15) is 10.7 Å². The molecule has 0 aliphatic heterocycles. The molecule has 0 spiro atoms. The van der Waals surface area contributed by atoms with Gasteiger partial charge in [0.25, 0.3) is 0 Å². The second-order valence-electron chi connectivity index (χ2n) is 3.68. The molecule has 0 amide bonds. The lowest BCUT2D eigenvalue weighted by atomic mass is 10.3. The Morgan fingerprint density at radius 2 is 2.19 bits per heavy atom. The van der Waals surface area contributed by atoms with Crippen molar-refractivity contribution in [3.63, 3.8) is 0 Å². The summed E-state index contributed by atoms with van der Waals surface area (Å²) in [5.41, 5.74) is 2.30. The Morgan fingerprint density at radius 1 is 1.43 bits per heavy atom. The molecule has 2 heterocycles. The number of thiazole rings is 1. The smallest absolute Gasteiger partial charge is 0.316 e. The van der Waals surface area contributed by atoms with Crippen LogP contribution in [0, 0.1) is 0 Å². The predicted octanol–water partition coefficient (Wildman–Crippen LogP) is 3.00. The molecule has 0 fully saturated rings. The van der Waals surface area contributed by atoms with Crippen LogP contribution in [0.5, 0.6) is 6.01 Å². The fraction of sp³-hybridized carbons (Fsp3) is 0.154. The second kappa shape index (κ2) is 7.65. The fourth-order valence-corrected chi connectivity index (χ4v) is 2.73. The normalized spacial score (nSPS) is 11.2. The first-order valence-corrected chi connectivity index (χ1v) is 7.74. The molecular weight excluding hydrogens is 306 g/mol. The van der Waals surface area contributed by atoms with E-state index in [9.17, 15) is 0 Å². The first-order chi connectivity index (χ1) is 10.3. The van der Waals surface area contributed by atoms with Crippen molar-refractivity contribution in [1.82, 2.24) is 15.0 Å². The number of ether oxygens (including phenoxy) is 1. The molecule has 0 aromatic carbocycles. The van der Waals surface area contributed by atoms with Gasteiger partial charge < -0.3 is 4.74 Å².